The molecule has 1 aromatic heterocycles. The van der Waals surface area contributed by atoms with Crippen LogP contribution in [0, 0.1) is 5.82 Å². The molecule has 1 aromatic carbocycles. The van der Waals surface area contributed by atoms with Gasteiger partial charge in [0.05, 0.1) is 21.3 Å². The van der Waals surface area contributed by atoms with E-state index in [0.29, 0.717) is 15.1 Å². The lowest BCUT2D eigenvalue weighted by Gasteiger charge is -2.08. The first-order chi connectivity index (χ1) is 10.0. The standard InChI is InChI=1S/C13H14BrFN2O2S2/c1-20-4-2-3-17-11-5-8(14)9(15)6-10(11)16-13(17)21-7-12(18)19/h5-6H,2-4,7H2,1H3,(H,18,19). The molecule has 0 amide bonds. The fraction of sp³-hybridized carbons (Fsp3) is 0.385. The number of thioether (sulfide) groups is 2. The number of aromatic nitrogens is 2. The molecule has 4 nitrogen and oxygen atoms in total. The Labute approximate surface area is 138 Å². The van der Waals surface area contributed by atoms with Crippen molar-refractivity contribution >= 4 is 56.5 Å². The Morgan fingerprint density at radius 3 is 2.95 bits per heavy atom. The number of nitrogens with zero attached hydrogens (tertiary/aromatic N) is 2. The molecule has 0 unspecified atom stereocenters. The highest BCUT2D eigenvalue weighted by Gasteiger charge is 2.14. The zero-order chi connectivity index (χ0) is 15.4. The second-order valence-corrected chi connectivity index (χ2v) is 7.11. The summed E-state index contributed by atoms with van der Waals surface area (Å²) in [5.41, 5.74) is 1.37. The summed E-state index contributed by atoms with van der Waals surface area (Å²) in [5.74, 6) is -0.318. The lowest BCUT2D eigenvalue weighted by atomic mass is 10.3. The predicted molar refractivity (Wildman–Crippen MR) is 88.7 cm³/mol. The number of benzene rings is 1. The number of hydrogen-bond acceptors (Lipinski definition) is 4. The summed E-state index contributed by atoms with van der Waals surface area (Å²) in [6.45, 7) is 0.733. The first-order valence-electron chi connectivity index (χ1n) is 6.21. The third-order valence-electron chi connectivity index (χ3n) is 2.81. The second-order valence-electron chi connectivity index (χ2n) is 4.33. The second kappa shape index (κ2) is 7.51. The Balaban J connectivity index is 2.39. The normalized spacial score (nSPS) is 11.2. The molecule has 1 N–H and O–H groups in total. The van der Waals surface area contributed by atoms with Crippen LogP contribution in [0.5, 0.6) is 0 Å². The third kappa shape index (κ3) is 4.14. The van der Waals surface area contributed by atoms with Crippen molar-refractivity contribution in [1.82, 2.24) is 9.55 Å². The average Bonchev–Trinajstić information content (AvgIpc) is 2.75. The number of carboxylic acids is 1. The van der Waals surface area contributed by atoms with E-state index in [9.17, 15) is 9.18 Å². The lowest BCUT2D eigenvalue weighted by molar-refractivity contribution is -0.133. The quantitative estimate of drug-likeness (QED) is 0.572. The highest BCUT2D eigenvalue weighted by atomic mass is 79.9. The van der Waals surface area contributed by atoms with Gasteiger partial charge in [-0.1, -0.05) is 11.8 Å². The Kier molecular flexibility index (Phi) is 5.95. The lowest BCUT2D eigenvalue weighted by Crippen LogP contribution is -2.04. The largest absolute Gasteiger partial charge is 0.481 e. The van der Waals surface area contributed by atoms with Crippen molar-refractivity contribution in [2.24, 2.45) is 0 Å². The Morgan fingerprint density at radius 2 is 2.29 bits per heavy atom. The molecule has 114 valence electrons. The van der Waals surface area contributed by atoms with E-state index in [0.717, 1.165) is 36.0 Å². The minimum atomic E-state index is -0.893. The van der Waals surface area contributed by atoms with E-state index in [1.54, 1.807) is 17.8 Å². The van der Waals surface area contributed by atoms with Crippen LogP contribution in [-0.2, 0) is 11.3 Å². The van der Waals surface area contributed by atoms with Gasteiger partial charge >= 0.3 is 5.97 Å². The fourth-order valence-electron chi connectivity index (χ4n) is 1.92. The molecule has 1 heterocycles. The number of rotatable bonds is 7. The topological polar surface area (TPSA) is 55.1 Å². The van der Waals surface area contributed by atoms with Gasteiger partial charge in [0.25, 0.3) is 0 Å². The minimum Gasteiger partial charge on any atom is -0.481 e. The number of carbonyl (C=O) groups is 1. The summed E-state index contributed by atoms with van der Waals surface area (Å²) in [4.78, 5) is 15.1. The van der Waals surface area contributed by atoms with Crippen molar-refractivity contribution in [3.05, 3.63) is 22.4 Å². The number of halogens is 2. The van der Waals surface area contributed by atoms with Gasteiger partial charge in [-0.3, -0.25) is 4.79 Å². The van der Waals surface area contributed by atoms with Crippen molar-refractivity contribution in [1.29, 1.82) is 0 Å². The average molecular weight is 393 g/mol. The molecule has 0 saturated heterocycles. The Morgan fingerprint density at radius 1 is 1.52 bits per heavy atom. The zero-order valence-corrected chi connectivity index (χ0v) is 14.5. The molecule has 8 heteroatoms. The maximum absolute atomic E-state index is 13.6. The van der Waals surface area contributed by atoms with Crippen molar-refractivity contribution in [3.63, 3.8) is 0 Å². The maximum Gasteiger partial charge on any atom is 0.313 e. The summed E-state index contributed by atoms with van der Waals surface area (Å²) < 4.78 is 16.0. The van der Waals surface area contributed by atoms with Gasteiger partial charge in [-0.25, -0.2) is 9.37 Å². The number of carboxylic acid groups (broad SMARTS) is 1. The smallest absolute Gasteiger partial charge is 0.313 e. The molecule has 0 saturated carbocycles. The molecule has 0 atom stereocenters. The molecule has 2 aromatic rings. The molecule has 0 aliphatic carbocycles. The summed E-state index contributed by atoms with van der Waals surface area (Å²) in [6, 6.07) is 3.07. The van der Waals surface area contributed by atoms with Crippen molar-refractivity contribution in [2.45, 2.75) is 18.1 Å². The summed E-state index contributed by atoms with van der Waals surface area (Å²) in [5, 5.41) is 9.43. The molecule has 0 bridgehead atoms. The third-order valence-corrected chi connectivity index (χ3v) is 5.08. The van der Waals surface area contributed by atoms with Crippen LogP contribution in [0.15, 0.2) is 21.8 Å². The SMILES string of the molecule is CSCCCn1c(SCC(=O)O)nc2cc(F)c(Br)cc21. The van der Waals surface area contributed by atoms with E-state index >= 15 is 0 Å². The van der Waals surface area contributed by atoms with E-state index < -0.39 is 5.97 Å². The first kappa shape index (κ1) is 16.6. The van der Waals surface area contributed by atoms with Crippen LogP contribution in [0.1, 0.15) is 6.42 Å². The van der Waals surface area contributed by atoms with Crippen molar-refractivity contribution in [3.8, 4) is 0 Å². The molecular weight excluding hydrogens is 379 g/mol. The van der Waals surface area contributed by atoms with Crippen molar-refractivity contribution < 1.29 is 14.3 Å². The molecule has 0 aliphatic rings. The van der Waals surface area contributed by atoms with Crippen LogP contribution in [-0.4, -0.2) is 38.4 Å². The highest BCUT2D eigenvalue weighted by molar-refractivity contribution is 9.10. The monoisotopic (exact) mass is 392 g/mol. The van der Waals surface area contributed by atoms with Gasteiger partial charge in [0.15, 0.2) is 5.16 Å². The molecule has 0 spiro atoms. The molecule has 21 heavy (non-hydrogen) atoms. The van der Waals surface area contributed by atoms with Crippen LogP contribution in [0.2, 0.25) is 0 Å². The van der Waals surface area contributed by atoms with Gasteiger partial charge in [-0.15, -0.1) is 0 Å². The Bertz CT molecular complexity index is 663. The van der Waals surface area contributed by atoms with Crippen LogP contribution >= 0.6 is 39.5 Å². The van der Waals surface area contributed by atoms with Gasteiger partial charge in [-0.2, -0.15) is 11.8 Å². The summed E-state index contributed by atoms with van der Waals surface area (Å²) in [7, 11) is 0. The maximum atomic E-state index is 13.6. The molecule has 2 rings (SSSR count). The van der Waals surface area contributed by atoms with Gasteiger partial charge in [-0.05, 0) is 40.4 Å². The van der Waals surface area contributed by atoms with Crippen LogP contribution in [0.4, 0.5) is 4.39 Å². The summed E-state index contributed by atoms with van der Waals surface area (Å²) >= 11 is 6.10. The number of hydrogen-bond donors (Lipinski definition) is 1. The van der Waals surface area contributed by atoms with Crippen molar-refractivity contribution in [2.75, 3.05) is 17.8 Å². The molecule has 0 aliphatic heterocycles. The van der Waals surface area contributed by atoms with Crippen LogP contribution < -0.4 is 0 Å². The van der Waals surface area contributed by atoms with E-state index in [-0.39, 0.29) is 11.6 Å². The molecule has 0 radical (unpaired) electrons. The molecule has 0 fully saturated rings. The Hall–Kier alpha value is -0.730. The van der Waals surface area contributed by atoms with E-state index in [2.05, 4.69) is 20.9 Å². The van der Waals surface area contributed by atoms with Gasteiger partial charge in [0, 0.05) is 12.6 Å². The van der Waals surface area contributed by atoms with Gasteiger partial charge in [0.1, 0.15) is 5.82 Å². The fourth-order valence-corrected chi connectivity index (χ4v) is 3.43. The predicted octanol–water partition coefficient (Wildman–Crippen LogP) is 3.87. The van der Waals surface area contributed by atoms with Gasteiger partial charge in [0.2, 0.25) is 0 Å². The van der Waals surface area contributed by atoms with E-state index in [1.807, 2.05) is 10.8 Å². The van der Waals surface area contributed by atoms with Gasteiger partial charge < -0.3 is 9.67 Å². The zero-order valence-electron chi connectivity index (χ0n) is 11.3. The minimum absolute atomic E-state index is 0.0600. The highest BCUT2D eigenvalue weighted by Crippen LogP contribution is 2.28. The summed E-state index contributed by atoms with van der Waals surface area (Å²) in [6.07, 6.45) is 2.99. The van der Waals surface area contributed by atoms with Crippen LogP contribution in [0.25, 0.3) is 11.0 Å². The number of imidazole rings is 1. The number of fused-ring (bicyclic) bond motifs is 1. The number of aryl methyl sites for hydroxylation is 1. The first-order valence-corrected chi connectivity index (χ1v) is 9.39. The van der Waals surface area contributed by atoms with E-state index in [4.69, 9.17) is 5.11 Å². The molecular formula is C13H14BrFN2O2S2. The van der Waals surface area contributed by atoms with E-state index in [1.165, 1.54) is 6.07 Å². The number of aliphatic carboxylic acids is 1. The van der Waals surface area contributed by atoms with Crippen LogP contribution in [0.3, 0.4) is 0 Å².